The topological polar surface area (TPSA) is 35.5 Å². The van der Waals surface area contributed by atoms with Crippen molar-refractivity contribution >= 4 is 23.5 Å². The second-order valence-corrected chi connectivity index (χ2v) is 5.89. The Morgan fingerprint density at radius 1 is 1.38 bits per heavy atom. The van der Waals surface area contributed by atoms with Gasteiger partial charge in [0.2, 0.25) is 5.78 Å². The van der Waals surface area contributed by atoms with Gasteiger partial charge >= 0.3 is 0 Å². The molecule has 0 aromatic heterocycles. The number of benzene rings is 2. The van der Waals surface area contributed by atoms with E-state index in [1.165, 1.54) is 18.2 Å². The third kappa shape index (κ3) is 3.19. The summed E-state index contributed by atoms with van der Waals surface area (Å²) >= 11 is 5.98. The Morgan fingerprint density at radius 3 is 2.88 bits per heavy atom. The molecule has 0 saturated carbocycles. The molecule has 0 spiro atoms. The van der Waals surface area contributed by atoms with Crippen LogP contribution < -0.4 is 9.47 Å². The molecule has 0 fully saturated rings. The lowest BCUT2D eigenvalue weighted by atomic mass is 10.1. The van der Waals surface area contributed by atoms with E-state index in [-0.39, 0.29) is 22.1 Å². The first kappa shape index (κ1) is 16.3. The Hall–Kier alpha value is -2.59. The maximum absolute atomic E-state index is 13.9. The summed E-state index contributed by atoms with van der Waals surface area (Å²) in [5, 5.41) is 0.209. The van der Waals surface area contributed by atoms with Crippen LogP contribution in [-0.2, 0) is 0 Å². The molecule has 3 nitrogen and oxygen atoms in total. The monoisotopic (exact) mass is 344 g/mol. The van der Waals surface area contributed by atoms with E-state index < -0.39 is 5.82 Å². The van der Waals surface area contributed by atoms with Gasteiger partial charge in [-0.3, -0.25) is 4.79 Å². The molecule has 3 rings (SSSR count). The van der Waals surface area contributed by atoms with Gasteiger partial charge in [0.15, 0.2) is 5.76 Å². The van der Waals surface area contributed by atoms with Gasteiger partial charge in [-0.25, -0.2) is 4.39 Å². The summed E-state index contributed by atoms with van der Waals surface area (Å²) < 4.78 is 25.0. The fraction of sp³-hybridized carbons (Fsp3) is 0.105. The van der Waals surface area contributed by atoms with Crippen LogP contribution in [0.4, 0.5) is 4.39 Å². The van der Waals surface area contributed by atoms with Gasteiger partial charge in [-0.15, -0.1) is 0 Å². The van der Waals surface area contributed by atoms with Crippen LogP contribution in [0.2, 0.25) is 5.02 Å². The van der Waals surface area contributed by atoms with E-state index in [2.05, 4.69) is 6.58 Å². The minimum Gasteiger partial charge on any atom is -0.489 e. The second-order valence-electron chi connectivity index (χ2n) is 5.48. The number of allylic oxidation sites excluding steroid dienone is 1. The summed E-state index contributed by atoms with van der Waals surface area (Å²) in [5.74, 6) is 0.116. The number of halogens is 2. The first-order valence-corrected chi connectivity index (χ1v) is 7.63. The summed E-state index contributed by atoms with van der Waals surface area (Å²) in [6, 6.07) is 9.25. The quantitative estimate of drug-likeness (QED) is 0.575. The summed E-state index contributed by atoms with van der Waals surface area (Å²) in [7, 11) is 0. The van der Waals surface area contributed by atoms with Crippen molar-refractivity contribution in [1.29, 1.82) is 0 Å². The van der Waals surface area contributed by atoms with Crippen LogP contribution in [0, 0.1) is 5.82 Å². The molecule has 0 amide bonds. The fourth-order valence-corrected chi connectivity index (χ4v) is 2.46. The van der Waals surface area contributed by atoms with Crippen molar-refractivity contribution in [1.82, 2.24) is 0 Å². The number of ketones is 1. The highest BCUT2D eigenvalue weighted by Crippen LogP contribution is 2.35. The molecular weight excluding hydrogens is 331 g/mol. The van der Waals surface area contributed by atoms with E-state index >= 15 is 0 Å². The summed E-state index contributed by atoms with van der Waals surface area (Å²) in [4.78, 5) is 12.4. The molecule has 1 aliphatic heterocycles. The summed E-state index contributed by atoms with van der Waals surface area (Å²) in [6.45, 7) is 5.99. The molecule has 0 saturated heterocycles. The van der Waals surface area contributed by atoms with Crippen LogP contribution in [0.3, 0.4) is 0 Å². The maximum atomic E-state index is 13.9. The van der Waals surface area contributed by atoms with Crippen molar-refractivity contribution in [2.24, 2.45) is 0 Å². The lowest BCUT2D eigenvalue weighted by Crippen LogP contribution is -1.99. The van der Waals surface area contributed by atoms with Crippen molar-refractivity contribution in [3.63, 3.8) is 0 Å². The van der Waals surface area contributed by atoms with Gasteiger partial charge in [-0.05, 0) is 42.8 Å². The van der Waals surface area contributed by atoms with E-state index in [9.17, 15) is 9.18 Å². The number of ether oxygens (including phenoxy) is 2. The van der Waals surface area contributed by atoms with Gasteiger partial charge < -0.3 is 9.47 Å². The van der Waals surface area contributed by atoms with E-state index in [1.54, 1.807) is 24.3 Å². The standard InChI is InChI=1S/C19H14ClFO3/c1-11(2)10-23-12-6-7-13-17(8-12)24-18(19(13)22)9-14-15(20)4-3-5-16(14)21/h3-9H,1,10H2,2H3/b18-9-. The lowest BCUT2D eigenvalue weighted by Gasteiger charge is -2.06. The van der Waals surface area contributed by atoms with E-state index in [4.69, 9.17) is 21.1 Å². The van der Waals surface area contributed by atoms with Gasteiger partial charge in [-0.2, -0.15) is 0 Å². The third-order valence-electron chi connectivity index (χ3n) is 3.40. The predicted octanol–water partition coefficient (Wildman–Crippen LogP) is 5.05. The zero-order chi connectivity index (χ0) is 17.3. The molecule has 122 valence electrons. The van der Waals surface area contributed by atoms with Crippen LogP contribution in [0.5, 0.6) is 11.5 Å². The van der Waals surface area contributed by atoms with Crippen molar-refractivity contribution in [3.05, 3.63) is 76.3 Å². The van der Waals surface area contributed by atoms with Gasteiger partial charge in [-0.1, -0.05) is 24.2 Å². The van der Waals surface area contributed by atoms with Crippen LogP contribution in [0.25, 0.3) is 6.08 Å². The SMILES string of the molecule is C=C(C)COc1ccc2c(c1)O/C(=C\c1c(F)cccc1Cl)C2=O. The Bertz CT molecular complexity index is 851. The molecule has 0 aliphatic carbocycles. The zero-order valence-electron chi connectivity index (χ0n) is 12.9. The molecule has 5 heteroatoms. The Kier molecular flexibility index (Phi) is 4.40. The lowest BCUT2D eigenvalue weighted by molar-refractivity contribution is 0.101. The molecule has 1 heterocycles. The Labute approximate surface area is 144 Å². The molecule has 24 heavy (non-hydrogen) atoms. The van der Waals surface area contributed by atoms with Gasteiger partial charge in [0.1, 0.15) is 23.9 Å². The normalized spacial score (nSPS) is 14.5. The van der Waals surface area contributed by atoms with E-state index in [0.29, 0.717) is 23.7 Å². The fourth-order valence-electron chi connectivity index (χ4n) is 2.24. The summed E-state index contributed by atoms with van der Waals surface area (Å²) in [6.07, 6.45) is 1.31. The molecule has 2 aromatic carbocycles. The molecule has 1 aliphatic rings. The smallest absolute Gasteiger partial charge is 0.231 e. The Balaban J connectivity index is 1.90. The summed E-state index contributed by atoms with van der Waals surface area (Å²) in [5.41, 5.74) is 1.40. The van der Waals surface area contributed by atoms with Crippen molar-refractivity contribution in [3.8, 4) is 11.5 Å². The number of fused-ring (bicyclic) bond motifs is 1. The van der Waals surface area contributed by atoms with Crippen LogP contribution >= 0.6 is 11.6 Å². The van der Waals surface area contributed by atoms with Gasteiger partial charge in [0.25, 0.3) is 0 Å². The van der Waals surface area contributed by atoms with Gasteiger partial charge in [0, 0.05) is 11.6 Å². The first-order chi connectivity index (χ1) is 11.5. The maximum Gasteiger partial charge on any atom is 0.231 e. The van der Waals surface area contributed by atoms with Crippen molar-refractivity contribution in [2.45, 2.75) is 6.92 Å². The first-order valence-electron chi connectivity index (χ1n) is 7.25. The molecule has 0 bridgehead atoms. The molecule has 0 radical (unpaired) electrons. The highest BCUT2D eigenvalue weighted by molar-refractivity contribution is 6.32. The predicted molar refractivity (Wildman–Crippen MR) is 91.1 cm³/mol. The molecule has 2 aromatic rings. The molecule has 0 atom stereocenters. The number of rotatable bonds is 4. The van der Waals surface area contributed by atoms with Crippen molar-refractivity contribution < 1.29 is 18.7 Å². The van der Waals surface area contributed by atoms with Crippen LogP contribution in [0.1, 0.15) is 22.8 Å². The van der Waals surface area contributed by atoms with E-state index in [0.717, 1.165) is 5.57 Å². The van der Waals surface area contributed by atoms with E-state index in [1.807, 2.05) is 6.92 Å². The zero-order valence-corrected chi connectivity index (χ0v) is 13.7. The average molecular weight is 345 g/mol. The van der Waals surface area contributed by atoms with Gasteiger partial charge in [0.05, 0.1) is 10.6 Å². The molecular formula is C19H14ClFO3. The Morgan fingerprint density at radius 2 is 2.17 bits per heavy atom. The number of hydrogen-bond acceptors (Lipinski definition) is 3. The minimum absolute atomic E-state index is 0.0223. The largest absolute Gasteiger partial charge is 0.489 e. The highest BCUT2D eigenvalue weighted by atomic mass is 35.5. The van der Waals surface area contributed by atoms with Crippen LogP contribution in [0.15, 0.2) is 54.3 Å². The number of hydrogen-bond donors (Lipinski definition) is 0. The number of carbonyl (C=O) groups is 1. The highest BCUT2D eigenvalue weighted by Gasteiger charge is 2.28. The minimum atomic E-state index is -0.521. The molecule has 0 unspecified atom stereocenters. The third-order valence-corrected chi connectivity index (χ3v) is 3.73. The van der Waals surface area contributed by atoms with Crippen molar-refractivity contribution in [2.75, 3.05) is 6.61 Å². The molecule has 0 N–H and O–H groups in total. The van der Waals surface area contributed by atoms with Crippen LogP contribution in [-0.4, -0.2) is 12.4 Å². The number of Topliss-reactive ketones (excluding diaryl/α,β-unsaturated/α-hetero) is 1. The average Bonchev–Trinajstić information content (AvgIpc) is 2.85. The number of carbonyl (C=O) groups excluding carboxylic acids is 1. The second kappa shape index (κ2) is 6.49.